The molecule has 2 bridgehead atoms. The Morgan fingerprint density at radius 1 is 1.32 bits per heavy atom. The van der Waals surface area contributed by atoms with Gasteiger partial charge in [0.15, 0.2) is 17.4 Å². The smallest absolute Gasteiger partial charge is 0.280 e. The fourth-order valence-corrected chi connectivity index (χ4v) is 4.78. The minimum absolute atomic E-state index is 0.0333. The van der Waals surface area contributed by atoms with Gasteiger partial charge in [-0.2, -0.15) is 13.4 Å². The number of aromatic nitrogens is 4. The summed E-state index contributed by atoms with van der Waals surface area (Å²) >= 11 is 0. The number of hydrogen-bond acceptors (Lipinski definition) is 10. The molecule has 2 N–H and O–H groups in total. The number of carbonyl (C=O) groups excluding carboxylic acids is 1. The van der Waals surface area contributed by atoms with Crippen molar-refractivity contribution in [2.24, 2.45) is 5.92 Å². The molecule has 2 aliphatic rings. The third-order valence-electron chi connectivity index (χ3n) is 6.24. The van der Waals surface area contributed by atoms with Gasteiger partial charge in [0, 0.05) is 5.92 Å². The Bertz CT molecular complexity index is 1470. The zero-order valence-corrected chi connectivity index (χ0v) is 21.2. The van der Waals surface area contributed by atoms with E-state index in [1.807, 2.05) is 30.3 Å². The lowest BCUT2D eigenvalue weighted by Gasteiger charge is -2.31. The Morgan fingerprint density at radius 3 is 2.78 bits per heavy atom. The van der Waals surface area contributed by atoms with E-state index in [0.29, 0.717) is 0 Å². The fraction of sp³-hybridized carbons (Fsp3) is 0.478. The predicted molar refractivity (Wildman–Crippen MR) is 130 cm³/mol. The van der Waals surface area contributed by atoms with Crippen LogP contribution < -0.4 is 10.9 Å². The molecule has 2 aliphatic heterocycles. The highest BCUT2D eigenvalue weighted by Gasteiger charge is 2.63. The number of fused-ring (bicyclic) bond motifs is 3. The van der Waals surface area contributed by atoms with Crippen LogP contribution in [0.15, 0.2) is 41.5 Å². The Labute approximate surface area is 212 Å². The quantitative estimate of drug-likeness (QED) is 0.378. The molecule has 1 aromatic carbocycles. The molecule has 0 radical (unpaired) electrons. The third-order valence-corrected chi connectivity index (χ3v) is 6.78. The van der Waals surface area contributed by atoms with Gasteiger partial charge in [0.05, 0.1) is 25.8 Å². The number of H-pyrrole nitrogens is 1. The number of aromatic amines is 1. The van der Waals surface area contributed by atoms with E-state index in [1.54, 1.807) is 13.8 Å². The van der Waals surface area contributed by atoms with E-state index in [-0.39, 0.29) is 48.8 Å². The summed E-state index contributed by atoms with van der Waals surface area (Å²) in [7, 11) is -3.78. The molecule has 13 nitrogen and oxygen atoms in total. The maximum atomic E-state index is 12.6. The molecule has 3 aromatic rings. The van der Waals surface area contributed by atoms with Crippen LogP contribution in [0.3, 0.4) is 0 Å². The van der Waals surface area contributed by atoms with Crippen molar-refractivity contribution >= 4 is 33.1 Å². The molecule has 5 rings (SSSR count). The van der Waals surface area contributed by atoms with Crippen molar-refractivity contribution in [2.45, 2.75) is 44.5 Å². The number of rotatable bonds is 9. The zero-order valence-electron chi connectivity index (χ0n) is 20.4. The summed E-state index contributed by atoms with van der Waals surface area (Å²) in [6.45, 7) is 3.37. The molecule has 0 unspecified atom stereocenters. The number of amides is 1. The van der Waals surface area contributed by atoms with E-state index in [0.717, 1.165) is 11.8 Å². The number of hydrogen-bond donors (Lipinski definition) is 2. The van der Waals surface area contributed by atoms with Gasteiger partial charge in [0.25, 0.3) is 15.7 Å². The van der Waals surface area contributed by atoms with Crippen LogP contribution in [0.25, 0.3) is 11.2 Å². The highest BCUT2D eigenvalue weighted by atomic mass is 32.2. The number of nitrogens with one attached hydrogen (secondary N) is 2. The van der Waals surface area contributed by atoms with E-state index in [1.165, 1.54) is 10.9 Å². The lowest BCUT2D eigenvalue weighted by Crippen LogP contribution is -2.46. The molecule has 1 amide bonds. The minimum atomic E-state index is -3.78. The second-order valence-electron chi connectivity index (χ2n) is 9.41. The van der Waals surface area contributed by atoms with Crippen LogP contribution in [-0.4, -0.2) is 71.1 Å². The van der Waals surface area contributed by atoms with E-state index in [4.69, 9.17) is 18.4 Å². The van der Waals surface area contributed by atoms with E-state index in [9.17, 15) is 18.0 Å². The first-order valence-electron chi connectivity index (χ1n) is 11.6. The second-order valence-corrected chi connectivity index (χ2v) is 11.1. The van der Waals surface area contributed by atoms with Crippen LogP contribution in [0, 0.1) is 5.92 Å². The summed E-state index contributed by atoms with van der Waals surface area (Å²) in [4.78, 5) is 35.8. The Morgan fingerprint density at radius 2 is 2.08 bits per heavy atom. The van der Waals surface area contributed by atoms with Gasteiger partial charge in [-0.15, -0.1) is 0 Å². The van der Waals surface area contributed by atoms with Crippen LogP contribution >= 0.6 is 0 Å². The normalized spacial score (nSPS) is 25.2. The minimum Gasteiger partial charge on any atom is -0.367 e. The number of imidazole rings is 1. The summed E-state index contributed by atoms with van der Waals surface area (Å²) in [5, 5.41) is 2.58. The maximum absolute atomic E-state index is 12.6. The van der Waals surface area contributed by atoms with Crippen molar-refractivity contribution < 1.29 is 31.6 Å². The average Bonchev–Trinajstić information content (AvgIpc) is 3.51. The van der Waals surface area contributed by atoms with Crippen molar-refractivity contribution in [1.29, 1.82) is 0 Å². The molecule has 0 aliphatic carbocycles. The van der Waals surface area contributed by atoms with Gasteiger partial charge >= 0.3 is 0 Å². The number of carbonyl (C=O) groups is 1. The first-order valence-corrected chi connectivity index (χ1v) is 13.4. The summed E-state index contributed by atoms with van der Waals surface area (Å²) < 4.78 is 48.8. The van der Waals surface area contributed by atoms with Gasteiger partial charge in [0.1, 0.15) is 24.4 Å². The van der Waals surface area contributed by atoms with Crippen molar-refractivity contribution in [3.05, 3.63) is 52.6 Å². The van der Waals surface area contributed by atoms with Gasteiger partial charge in [-0.05, 0) is 5.56 Å². The fourth-order valence-electron chi connectivity index (χ4n) is 4.37. The first-order chi connectivity index (χ1) is 17.6. The van der Waals surface area contributed by atoms with Gasteiger partial charge in [0.2, 0.25) is 11.9 Å². The molecule has 4 atom stereocenters. The number of nitrogens with zero attached hydrogens (tertiary/aromatic N) is 3. The summed E-state index contributed by atoms with van der Waals surface area (Å²) in [5.41, 5.74) is -0.670. The first kappa shape index (κ1) is 25.5. The molecular formula is C23H27N5O8S. The third kappa shape index (κ3) is 5.02. The lowest BCUT2D eigenvalue weighted by atomic mass is 10.00. The molecule has 37 heavy (non-hydrogen) atoms. The topological polar surface area (TPSA) is 164 Å². The largest absolute Gasteiger partial charge is 0.367 e. The zero-order chi connectivity index (χ0) is 26.4. The van der Waals surface area contributed by atoms with Crippen LogP contribution in [0.1, 0.15) is 25.6 Å². The highest BCUT2D eigenvalue weighted by molar-refractivity contribution is 7.85. The van der Waals surface area contributed by atoms with Crippen LogP contribution in [-0.2, 0) is 39.9 Å². The molecule has 2 fully saturated rings. The number of ether oxygens (including phenoxy) is 3. The lowest BCUT2D eigenvalue weighted by molar-refractivity contribution is -0.183. The molecule has 4 heterocycles. The van der Waals surface area contributed by atoms with Gasteiger partial charge in [-0.1, -0.05) is 44.2 Å². The average molecular weight is 534 g/mol. The molecule has 0 saturated carbocycles. The molecule has 198 valence electrons. The van der Waals surface area contributed by atoms with Crippen LogP contribution in [0.2, 0.25) is 0 Å². The SMILES string of the molecule is CC(C)C(=O)Nc1nc2c(ncn2[C@@H]2O[C@]3(COS(C)(=O)=O)CO[C@@H]2[C@@H]3OCc2ccccc2)c(=O)[nH]1. The van der Waals surface area contributed by atoms with Crippen molar-refractivity contribution in [1.82, 2.24) is 19.5 Å². The number of anilines is 1. The van der Waals surface area contributed by atoms with Gasteiger partial charge in [-0.25, -0.2) is 4.98 Å². The highest BCUT2D eigenvalue weighted by Crippen LogP contribution is 2.47. The molecular weight excluding hydrogens is 506 g/mol. The van der Waals surface area contributed by atoms with E-state index < -0.39 is 39.7 Å². The Balaban J connectivity index is 1.48. The summed E-state index contributed by atoms with van der Waals surface area (Å²) in [6.07, 6.45) is 0.105. The van der Waals surface area contributed by atoms with E-state index in [2.05, 4.69) is 20.3 Å². The molecule has 0 spiro atoms. The second kappa shape index (κ2) is 9.61. The van der Waals surface area contributed by atoms with Crippen LogP contribution in [0.5, 0.6) is 0 Å². The van der Waals surface area contributed by atoms with Crippen molar-refractivity contribution in [3.8, 4) is 0 Å². The predicted octanol–water partition coefficient (Wildman–Crippen LogP) is 0.942. The number of benzene rings is 1. The van der Waals surface area contributed by atoms with E-state index >= 15 is 0 Å². The Hall–Kier alpha value is -3.17. The van der Waals surface area contributed by atoms with Gasteiger partial charge < -0.3 is 14.2 Å². The molecule has 2 saturated heterocycles. The van der Waals surface area contributed by atoms with Crippen molar-refractivity contribution in [2.75, 3.05) is 24.8 Å². The Kier molecular flexibility index (Phi) is 6.62. The molecule has 14 heteroatoms. The summed E-state index contributed by atoms with van der Waals surface area (Å²) in [5.74, 6) is -0.682. The van der Waals surface area contributed by atoms with Crippen LogP contribution in [0.4, 0.5) is 5.95 Å². The van der Waals surface area contributed by atoms with Gasteiger partial charge in [-0.3, -0.25) is 28.6 Å². The maximum Gasteiger partial charge on any atom is 0.280 e. The summed E-state index contributed by atoms with van der Waals surface area (Å²) in [6, 6.07) is 9.47. The molecule has 2 aromatic heterocycles. The van der Waals surface area contributed by atoms with Crippen molar-refractivity contribution in [3.63, 3.8) is 0 Å². The monoisotopic (exact) mass is 533 g/mol. The standard InChI is InChI=1S/C23H27N5O8S/c1-13(2)19(29)26-22-25-18-15(20(30)27-22)24-12-28(18)21-16-17(33-9-14-7-5-4-6-8-14)23(36-21,10-34-16)11-35-37(3,31)32/h4-8,12-13,16-17,21H,9-11H2,1-3H3,(H2,25,26,27,29,30)/t16-,17+,21-,23+/m1/s1.